The Morgan fingerprint density at radius 3 is 2.12 bits per heavy atom. The van der Waals surface area contributed by atoms with Gasteiger partial charge in [-0.1, -0.05) is 17.7 Å². The largest absolute Gasteiger partial charge is 0.338 e. The molecule has 0 aromatic heterocycles. The van der Waals surface area contributed by atoms with Crippen molar-refractivity contribution in [1.82, 2.24) is 9.21 Å². The van der Waals surface area contributed by atoms with Crippen molar-refractivity contribution in [3.63, 3.8) is 0 Å². The summed E-state index contributed by atoms with van der Waals surface area (Å²) < 4.78 is 27.8. The lowest BCUT2D eigenvalue weighted by Crippen LogP contribution is -3.15. The number of aryl methyl sites for hydroxylation is 3. The lowest BCUT2D eigenvalue weighted by Gasteiger charge is -2.33. The van der Waals surface area contributed by atoms with Crippen molar-refractivity contribution in [2.75, 3.05) is 39.8 Å². The van der Waals surface area contributed by atoms with Crippen LogP contribution in [0.25, 0.3) is 0 Å². The van der Waals surface area contributed by atoms with Crippen molar-refractivity contribution < 1.29 is 18.1 Å². The summed E-state index contributed by atoms with van der Waals surface area (Å²) in [5.41, 5.74) is 2.66. The van der Waals surface area contributed by atoms with E-state index < -0.39 is 10.0 Å². The highest BCUT2D eigenvalue weighted by molar-refractivity contribution is 7.89. The molecular weight excluding hydrogens is 350 g/mol. The summed E-state index contributed by atoms with van der Waals surface area (Å²) in [6.07, 6.45) is 0. The van der Waals surface area contributed by atoms with Crippen LogP contribution in [0.5, 0.6) is 0 Å². The number of quaternary nitrogens is 1. The second kappa shape index (κ2) is 8.06. The van der Waals surface area contributed by atoms with Gasteiger partial charge < -0.3 is 9.80 Å². The summed E-state index contributed by atoms with van der Waals surface area (Å²) >= 11 is 0. The molecule has 1 aromatic carbocycles. The van der Waals surface area contributed by atoms with E-state index in [0.717, 1.165) is 21.6 Å². The molecule has 1 heterocycles. The minimum Gasteiger partial charge on any atom is -0.338 e. The summed E-state index contributed by atoms with van der Waals surface area (Å²) in [7, 11) is -1.68. The van der Waals surface area contributed by atoms with Gasteiger partial charge in [-0.15, -0.1) is 0 Å². The van der Waals surface area contributed by atoms with Crippen molar-refractivity contribution in [3.05, 3.63) is 28.8 Å². The number of benzene rings is 1. The molecule has 2 rings (SSSR count). The Bertz CT molecular complexity index is 743. The van der Waals surface area contributed by atoms with E-state index in [2.05, 4.69) is 0 Å². The van der Waals surface area contributed by atoms with Crippen molar-refractivity contribution in [2.45, 2.75) is 45.6 Å². The molecule has 1 aromatic rings. The van der Waals surface area contributed by atoms with Gasteiger partial charge in [0.2, 0.25) is 10.0 Å². The van der Waals surface area contributed by atoms with Crippen LogP contribution >= 0.6 is 0 Å². The van der Waals surface area contributed by atoms with Gasteiger partial charge in [0.1, 0.15) is 0 Å². The maximum Gasteiger partial charge on any atom is 0.277 e. The third kappa shape index (κ3) is 4.45. The molecule has 0 aliphatic carbocycles. The number of likely N-dealkylation sites (N-methyl/N-ethyl adjacent to an activating group) is 1. The van der Waals surface area contributed by atoms with Gasteiger partial charge in [0.05, 0.1) is 31.1 Å². The number of hydrogen-bond donors (Lipinski definition) is 1. The molecule has 0 spiro atoms. The number of carbonyl (C=O) groups is 1. The molecule has 0 saturated carbocycles. The van der Waals surface area contributed by atoms with Crippen LogP contribution in [-0.2, 0) is 14.8 Å². The van der Waals surface area contributed by atoms with Gasteiger partial charge in [-0.3, -0.25) is 4.79 Å². The molecule has 7 heteroatoms. The van der Waals surface area contributed by atoms with E-state index in [9.17, 15) is 13.2 Å². The maximum absolute atomic E-state index is 13.1. The topological polar surface area (TPSA) is 62.1 Å². The first-order valence-corrected chi connectivity index (χ1v) is 10.6. The van der Waals surface area contributed by atoms with E-state index >= 15 is 0 Å². The van der Waals surface area contributed by atoms with Crippen LogP contribution in [0.15, 0.2) is 17.0 Å². The molecule has 0 atom stereocenters. The summed E-state index contributed by atoms with van der Waals surface area (Å²) in [4.78, 5) is 15.6. The minimum atomic E-state index is -3.50. The second-order valence-electron chi connectivity index (χ2n) is 7.66. The molecule has 1 amide bonds. The molecule has 0 radical (unpaired) electrons. The van der Waals surface area contributed by atoms with Gasteiger partial charge in [0.15, 0.2) is 6.54 Å². The van der Waals surface area contributed by atoms with Gasteiger partial charge in [-0.25, -0.2) is 8.42 Å². The fourth-order valence-electron chi connectivity index (χ4n) is 3.55. The molecule has 1 aliphatic rings. The number of hydrogen-bond acceptors (Lipinski definition) is 3. The van der Waals surface area contributed by atoms with Crippen LogP contribution in [0, 0.1) is 20.8 Å². The molecule has 6 nitrogen and oxygen atoms in total. The molecule has 1 N–H and O–H groups in total. The predicted molar refractivity (Wildman–Crippen MR) is 103 cm³/mol. The number of rotatable bonds is 5. The van der Waals surface area contributed by atoms with E-state index in [1.165, 1.54) is 0 Å². The first-order valence-electron chi connectivity index (χ1n) is 9.21. The van der Waals surface area contributed by atoms with Gasteiger partial charge >= 0.3 is 0 Å². The SMILES string of the molecule is Cc1cc(C)c(S(=O)(=O)N2CC[NH+](CC(=O)N(C)C(C)C)CC2)c(C)c1. The Balaban J connectivity index is 2.07. The summed E-state index contributed by atoms with van der Waals surface area (Å²) in [6, 6.07) is 4.01. The monoisotopic (exact) mass is 382 g/mol. The highest BCUT2D eigenvalue weighted by Gasteiger charge is 2.33. The number of nitrogens with zero attached hydrogens (tertiary/aromatic N) is 2. The Kier molecular flexibility index (Phi) is 6.47. The second-order valence-corrected chi connectivity index (χ2v) is 9.53. The minimum absolute atomic E-state index is 0.108. The van der Waals surface area contributed by atoms with E-state index in [4.69, 9.17) is 0 Å². The zero-order chi connectivity index (χ0) is 19.6. The van der Waals surface area contributed by atoms with Crippen LogP contribution in [0.1, 0.15) is 30.5 Å². The van der Waals surface area contributed by atoms with E-state index in [1.54, 1.807) is 9.21 Å². The van der Waals surface area contributed by atoms with Gasteiger partial charge in [-0.2, -0.15) is 4.31 Å². The highest BCUT2D eigenvalue weighted by Crippen LogP contribution is 2.25. The quantitative estimate of drug-likeness (QED) is 0.800. The van der Waals surface area contributed by atoms with E-state index in [0.29, 0.717) is 37.6 Å². The van der Waals surface area contributed by atoms with Crippen LogP contribution in [0.3, 0.4) is 0 Å². The molecule has 26 heavy (non-hydrogen) atoms. The number of sulfonamides is 1. The lowest BCUT2D eigenvalue weighted by molar-refractivity contribution is -0.896. The Morgan fingerprint density at radius 2 is 1.65 bits per heavy atom. The average molecular weight is 383 g/mol. The fraction of sp³-hybridized carbons (Fsp3) is 0.632. The van der Waals surface area contributed by atoms with Crippen molar-refractivity contribution in [1.29, 1.82) is 0 Å². The summed E-state index contributed by atoms with van der Waals surface area (Å²) in [6.45, 7) is 12.3. The molecule has 1 aliphatic heterocycles. The summed E-state index contributed by atoms with van der Waals surface area (Å²) in [5.74, 6) is 0.108. The van der Waals surface area contributed by atoms with E-state index in [1.807, 2.05) is 53.8 Å². The lowest BCUT2D eigenvalue weighted by atomic mass is 10.1. The number of amides is 1. The third-order valence-electron chi connectivity index (χ3n) is 5.20. The number of piperazine rings is 1. The predicted octanol–water partition coefficient (Wildman–Crippen LogP) is 0.368. The van der Waals surface area contributed by atoms with Gasteiger partial charge in [0.25, 0.3) is 5.91 Å². The standard InChI is InChI=1S/C19H31N3O3S/c1-14(2)20(6)18(23)13-21-7-9-22(10-8-21)26(24,25)19-16(4)11-15(3)12-17(19)5/h11-12,14H,7-10,13H2,1-6H3/p+1. The zero-order valence-corrected chi connectivity index (χ0v) is 17.6. The van der Waals surface area contributed by atoms with Gasteiger partial charge in [0, 0.05) is 13.1 Å². The fourth-order valence-corrected chi connectivity index (χ4v) is 5.40. The molecular formula is C19H32N3O3S+. The molecule has 1 saturated heterocycles. The smallest absolute Gasteiger partial charge is 0.277 e. The van der Waals surface area contributed by atoms with Gasteiger partial charge in [-0.05, 0) is 45.7 Å². The molecule has 0 bridgehead atoms. The molecule has 0 unspecified atom stereocenters. The summed E-state index contributed by atoms with van der Waals surface area (Å²) in [5, 5.41) is 0. The van der Waals surface area contributed by atoms with Crippen LogP contribution < -0.4 is 4.90 Å². The van der Waals surface area contributed by atoms with Crippen LogP contribution in [0.4, 0.5) is 0 Å². The number of nitrogens with one attached hydrogen (secondary N) is 1. The highest BCUT2D eigenvalue weighted by atomic mass is 32.2. The van der Waals surface area contributed by atoms with Crippen LogP contribution in [0.2, 0.25) is 0 Å². The Morgan fingerprint density at radius 1 is 1.15 bits per heavy atom. The van der Waals surface area contributed by atoms with Crippen molar-refractivity contribution >= 4 is 15.9 Å². The van der Waals surface area contributed by atoms with Crippen molar-refractivity contribution in [2.24, 2.45) is 0 Å². The Labute approximate surface area is 157 Å². The Hall–Kier alpha value is -1.44. The first kappa shape index (κ1) is 20.9. The molecule has 146 valence electrons. The van der Waals surface area contributed by atoms with Crippen molar-refractivity contribution in [3.8, 4) is 0 Å². The number of carbonyl (C=O) groups excluding carboxylic acids is 1. The van der Waals surface area contributed by atoms with Crippen LogP contribution in [-0.4, -0.2) is 69.3 Å². The molecule has 1 fully saturated rings. The first-order chi connectivity index (χ1) is 12.0. The third-order valence-corrected chi connectivity index (χ3v) is 7.41. The average Bonchev–Trinajstić information content (AvgIpc) is 2.53. The van der Waals surface area contributed by atoms with E-state index in [-0.39, 0.29) is 11.9 Å². The normalized spacial score (nSPS) is 16.9. The maximum atomic E-state index is 13.1. The zero-order valence-electron chi connectivity index (χ0n) is 16.8.